The molecule has 1 saturated heterocycles. The van der Waals surface area contributed by atoms with E-state index >= 15 is 0 Å². The van der Waals surface area contributed by atoms with Gasteiger partial charge in [-0.2, -0.15) is 21.6 Å². The van der Waals surface area contributed by atoms with Crippen molar-refractivity contribution >= 4 is 16.2 Å². The maximum atomic E-state index is 12.4. The van der Waals surface area contributed by atoms with Crippen LogP contribution in [0.4, 0.5) is 18.0 Å². The van der Waals surface area contributed by atoms with E-state index < -0.39 is 32.7 Å². The summed E-state index contributed by atoms with van der Waals surface area (Å²) in [5.74, 6) is -0.452. The molecular weight excluding hydrogens is 351 g/mol. The zero-order valence-electron chi connectivity index (χ0n) is 13.8. The van der Waals surface area contributed by atoms with Crippen LogP contribution in [0.3, 0.4) is 0 Å². The number of carbonyl (C=O) groups excluding carboxylic acids is 1. The molecule has 0 radical (unpaired) electrons. The molecule has 0 aromatic heterocycles. The Labute approximate surface area is 138 Å². The summed E-state index contributed by atoms with van der Waals surface area (Å²) < 4.78 is 68.8. The Bertz CT molecular complexity index is 665. The highest BCUT2D eigenvalue weighted by Crippen LogP contribution is 2.48. The van der Waals surface area contributed by atoms with E-state index in [4.69, 9.17) is 4.74 Å². The Morgan fingerprint density at radius 1 is 1.33 bits per heavy atom. The van der Waals surface area contributed by atoms with E-state index in [-0.39, 0.29) is 31.2 Å². The van der Waals surface area contributed by atoms with Crippen LogP contribution in [0.1, 0.15) is 34.1 Å². The van der Waals surface area contributed by atoms with Crippen LogP contribution in [0.5, 0.6) is 0 Å². The zero-order valence-corrected chi connectivity index (χ0v) is 14.6. The molecule has 0 aromatic carbocycles. The molecule has 0 saturated carbocycles. The van der Waals surface area contributed by atoms with Crippen molar-refractivity contribution in [2.24, 2.45) is 11.3 Å². The number of carbonyl (C=O) groups is 1. The maximum absolute atomic E-state index is 12.4. The molecule has 10 heteroatoms. The van der Waals surface area contributed by atoms with Crippen LogP contribution < -0.4 is 0 Å². The van der Waals surface area contributed by atoms with Gasteiger partial charge < -0.3 is 13.8 Å². The molecular formula is C14H20F3NO5S. The highest BCUT2D eigenvalue weighted by molar-refractivity contribution is 7.87. The second kappa shape index (κ2) is 5.53. The first-order chi connectivity index (χ1) is 10.6. The summed E-state index contributed by atoms with van der Waals surface area (Å²) in [6.45, 7) is 7.44. The van der Waals surface area contributed by atoms with Crippen molar-refractivity contribution in [3.8, 4) is 0 Å². The summed E-state index contributed by atoms with van der Waals surface area (Å²) in [6, 6.07) is 0. The minimum atomic E-state index is -5.67. The molecule has 1 fully saturated rings. The molecule has 6 nitrogen and oxygen atoms in total. The Morgan fingerprint density at radius 3 is 2.38 bits per heavy atom. The molecule has 138 valence electrons. The molecule has 0 unspecified atom stereocenters. The number of ether oxygens (including phenoxy) is 1. The van der Waals surface area contributed by atoms with E-state index in [1.807, 2.05) is 0 Å². The summed E-state index contributed by atoms with van der Waals surface area (Å²) in [7, 11) is -5.67. The largest absolute Gasteiger partial charge is 0.534 e. The number of likely N-dealkylation sites (tertiary alicyclic amines) is 1. The summed E-state index contributed by atoms with van der Waals surface area (Å²) in [4.78, 5) is 13.6. The van der Waals surface area contributed by atoms with Gasteiger partial charge in [0.1, 0.15) is 11.4 Å². The topological polar surface area (TPSA) is 72.9 Å². The fourth-order valence-corrected chi connectivity index (χ4v) is 3.41. The molecule has 2 atom stereocenters. The number of hydrogen-bond donors (Lipinski definition) is 0. The summed E-state index contributed by atoms with van der Waals surface area (Å²) >= 11 is 0. The van der Waals surface area contributed by atoms with Crippen LogP contribution in [-0.4, -0.2) is 43.6 Å². The number of allylic oxidation sites excluding steroid dienone is 1. The van der Waals surface area contributed by atoms with Crippen molar-refractivity contribution in [1.82, 2.24) is 4.90 Å². The Balaban J connectivity index is 2.08. The molecule has 2 rings (SSSR count). The van der Waals surface area contributed by atoms with Crippen molar-refractivity contribution in [1.29, 1.82) is 0 Å². The number of rotatable bonds is 2. The molecule has 1 amide bonds. The molecule has 1 aliphatic carbocycles. The van der Waals surface area contributed by atoms with E-state index in [0.717, 1.165) is 0 Å². The van der Waals surface area contributed by atoms with Crippen LogP contribution in [0.2, 0.25) is 0 Å². The Hall–Kier alpha value is -1.45. The molecule has 0 aromatic rings. The lowest BCUT2D eigenvalue weighted by Crippen LogP contribution is -2.36. The minimum Gasteiger partial charge on any atom is -0.444 e. The average molecular weight is 371 g/mol. The van der Waals surface area contributed by atoms with Gasteiger partial charge in [-0.1, -0.05) is 6.92 Å². The van der Waals surface area contributed by atoms with Gasteiger partial charge in [0.2, 0.25) is 0 Å². The number of fused-ring (bicyclic) bond motifs is 1. The van der Waals surface area contributed by atoms with Crippen LogP contribution in [0.25, 0.3) is 0 Å². The lowest BCUT2D eigenvalue weighted by molar-refractivity contribution is -0.0523. The number of halogens is 3. The lowest BCUT2D eigenvalue weighted by Gasteiger charge is -2.25. The Morgan fingerprint density at radius 2 is 1.92 bits per heavy atom. The molecule has 0 N–H and O–H groups in total. The zero-order chi connectivity index (χ0) is 18.6. The van der Waals surface area contributed by atoms with Gasteiger partial charge in [-0.05, 0) is 32.8 Å². The van der Waals surface area contributed by atoms with Gasteiger partial charge in [0.25, 0.3) is 0 Å². The molecule has 24 heavy (non-hydrogen) atoms. The third kappa shape index (κ3) is 3.79. The molecule has 0 spiro atoms. The summed E-state index contributed by atoms with van der Waals surface area (Å²) in [5.41, 5.74) is -6.76. The molecule has 2 aliphatic rings. The van der Waals surface area contributed by atoms with Gasteiger partial charge in [0, 0.05) is 24.9 Å². The number of amides is 1. The second-order valence-electron chi connectivity index (χ2n) is 7.36. The van der Waals surface area contributed by atoms with Crippen LogP contribution in [0, 0.1) is 11.3 Å². The molecule has 0 bridgehead atoms. The van der Waals surface area contributed by atoms with E-state index in [1.165, 1.54) is 11.0 Å². The fourth-order valence-electron chi connectivity index (χ4n) is 2.92. The van der Waals surface area contributed by atoms with Gasteiger partial charge in [0.15, 0.2) is 0 Å². The van der Waals surface area contributed by atoms with Gasteiger partial charge in [-0.15, -0.1) is 0 Å². The first kappa shape index (κ1) is 18.9. The molecule has 1 aliphatic heterocycles. The normalized spacial score (nSPS) is 27.7. The third-order valence-electron chi connectivity index (χ3n) is 4.00. The SMILES string of the molecule is CC(C)(C)OC(=O)N1C[C@H]2CC(OS(=O)(=O)C(F)(F)F)=C[C@@]2(C)C1. The van der Waals surface area contributed by atoms with Crippen LogP contribution >= 0.6 is 0 Å². The third-order valence-corrected chi connectivity index (χ3v) is 5.00. The van der Waals surface area contributed by atoms with Gasteiger partial charge in [-0.3, -0.25) is 0 Å². The van der Waals surface area contributed by atoms with Crippen molar-refractivity contribution in [3.05, 3.63) is 11.8 Å². The van der Waals surface area contributed by atoms with E-state index in [2.05, 4.69) is 4.18 Å². The second-order valence-corrected chi connectivity index (χ2v) is 8.90. The minimum absolute atomic E-state index is 0.0190. The van der Waals surface area contributed by atoms with Gasteiger partial charge >= 0.3 is 21.7 Å². The number of nitrogens with zero attached hydrogens (tertiary/aromatic N) is 1. The summed E-state index contributed by atoms with van der Waals surface area (Å²) in [5, 5.41) is 0. The lowest BCUT2D eigenvalue weighted by atomic mass is 9.84. The van der Waals surface area contributed by atoms with E-state index in [0.29, 0.717) is 0 Å². The van der Waals surface area contributed by atoms with Crippen molar-refractivity contribution in [2.75, 3.05) is 13.1 Å². The fraction of sp³-hybridized carbons (Fsp3) is 0.786. The standard InChI is InChI=1S/C14H20F3NO5S/c1-12(2,3)22-11(19)18-7-9-5-10(6-13(9,4)8-18)23-24(20,21)14(15,16)17/h6,9H,5,7-8H2,1-4H3/t9-,13+/m1/s1. The van der Waals surface area contributed by atoms with Gasteiger partial charge in [-0.25, -0.2) is 4.79 Å². The number of hydrogen-bond acceptors (Lipinski definition) is 5. The highest BCUT2D eigenvalue weighted by atomic mass is 32.2. The first-order valence-electron chi connectivity index (χ1n) is 7.33. The van der Waals surface area contributed by atoms with Gasteiger partial charge in [0.05, 0.1) is 0 Å². The molecule has 1 heterocycles. The van der Waals surface area contributed by atoms with Crippen LogP contribution in [0.15, 0.2) is 11.8 Å². The Kier molecular flexibility index (Phi) is 4.35. The smallest absolute Gasteiger partial charge is 0.444 e. The van der Waals surface area contributed by atoms with E-state index in [9.17, 15) is 26.4 Å². The predicted molar refractivity (Wildman–Crippen MR) is 78.2 cm³/mol. The highest BCUT2D eigenvalue weighted by Gasteiger charge is 2.53. The van der Waals surface area contributed by atoms with Crippen LogP contribution in [-0.2, 0) is 19.0 Å². The van der Waals surface area contributed by atoms with Crippen molar-refractivity contribution < 1.29 is 35.3 Å². The average Bonchev–Trinajstić information content (AvgIpc) is 2.75. The monoisotopic (exact) mass is 371 g/mol. The van der Waals surface area contributed by atoms with E-state index in [1.54, 1.807) is 27.7 Å². The quantitative estimate of drug-likeness (QED) is 0.551. The maximum Gasteiger partial charge on any atom is 0.534 e. The summed E-state index contributed by atoms with van der Waals surface area (Å²) in [6.07, 6.45) is 0.882. The predicted octanol–water partition coefficient (Wildman–Crippen LogP) is 3.01. The van der Waals surface area contributed by atoms with Crippen molar-refractivity contribution in [2.45, 2.75) is 45.2 Å². The number of alkyl halides is 3. The first-order valence-corrected chi connectivity index (χ1v) is 8.74. The van der Waals surface area contributed by atoms with Crippen molar-refractivity contribution in [3.63, 3.8) is 0 Å².